The van der Waals surface area contributed by atoms with E-state index in [0.29, 0.717) is 0 Å². The van der Waals surface area contributed by atoms with Gasteiger partial charge in [0.1, 0.15) is 0 Å². The van der Waals surface area contributed by atoms with Crippen LogP contribution in [0, 0.1) is 20.8 Å². The first-order valence-corrected chi connectivity index (χ1v) is 14.7. The highest BCUT2D eigenvalue weighted by Gasteiger charge is 2.01. The van der Waals surface area contributed by atoms with Crippen LogP contribution >= 0.6 is 0 Å². The van der Waals surface area contributed by atoms with Gasteiger partial charge in [-0.15, -0.1) is 0 Å². The van der Waals surface area contributed by atoms with Crippen molar-refractivity contribution < 1.29 is 0 Å². The number of aryl methyl sites for hydroxylation is 2. The van der Waals surface area contributed by atoms with Crippen molar-refractivity contribution in [2.45, 2.75) is 94.9 Å². The highest BCUT2D eigenvalue weighted by molar-refractivity contribution is 5.61. The fourth-order valence-corrected chi connectivity index (χ4v) is 4.06. The maximum Gasteiger partial charge on any atom is -0.0195 e. The molecule has 0 heterocycles. The molecule has 0 nitrogen and oxygen atoms in total. The fourth-order valence-electron chi connectivity index (χ4n) is 4.06. The third-order valence-corrected chi connectivity index (χ3v) is 6.93. The molecule has 0 amide bonds. The molecule has 0 aromatic heterocycles. The van der Waals surface area contributed by atoms with Crippen LogP contribution in [0.4, 0.5) is 0 Å². The molecule has 1 rings (SSSR count). The van der Waals surface area contributed by atoms with E-state index >= 15 is 0 Å². The van der Waals surface area contributed by atoms with Gasteiger partial charge in [0.15, 0.2) is 0 Å². The summed E-state index contributed by atoms with van der Waals surface area (Å²) in [6.45, 7) is 21.8. The molecule has 0 heteroatoms. The number of hydrogen-bond donors (Lipinski definition) is 0. The lowest BCUT2D eigenvalue weighted by molar-refractivity contribution is 0.918. The molecule has 214 valence electrons. The van der Waals surface area contributed by atoms with Crippen molar-refractivity contribution in [3.63, 3.8) is 0 Å². The van der Waals surface area contributed by atoms with E-state index in [1.54, 1.807) is 0 Å². The van der Waals surface area contributed by atoms with Crippen LogP contribution in [0.2, 0.25) is 0 Å². The molecule has 0 saturated heterocycles. The standard InChI is InChI=1S/C40H54/c1-31(2)17-13-20-34(5)23-15-25-35(6)24-14-21-32(3)18-11-12-19-33(4)22-16-26-36(7)27-30-40-38(9)29-28-37(8)39(40)10/h11-12,14,16-19,21-24,26-30H,13,15,20,25H2,1-10H3/b12-11+,21-14+,22-16+,30-27+,32-18+,33-19+,34-23+,35-24+,36-26+. The predicted octanol–water partition coefficient (Wildman–Crippen LogP) is 12.6. The Morgan fingerprint density at radius 1 is 0.550 bits per heavy atom. The Labute approximate surface area is 247 Å². The van der Waals surface area contributed by atoms with Crippen LogP contribution in [-0.2, 0) is 0 Å². The number of rotatable bonds is 14. The zero-order valence-corrected chi connectivity index (χ0v) is 27.1. The summed E-state index contributed by atoms with van der Waals surface area (Å²) in [5, 5.41) is 0. The van der Waals surface area contributed by atoms with Gasteiger partial charge >= 0.3 is 0 Å². The van der Waals surface area contributed by atoms with Crippen LogP contribution in [0.1, 0.15) is 96.4 Å². The van der Waals surface area contributed by atoms with Gasteiger partial charge in [-0.3, -0.25) is 0 Å². The van der Waals surface area contributed by atoms with Gasteiger partial charge in [0.2, 0.25) is 0 Å². The van der Waals surface area contributed by atoms with E-state index in [0.717, 1.165) is 19.3 Å². The lowest BCUT2D eigenvalue weighted by Gasteiger charge is -2.08. The van der Waals surface area contributed by atoms with Crippen molar-refractivity contribution in [3.8, 4) is 0 Å². The molecular weight excluding hydrogens is 480 g/mol. The first-order valence-electron chi connectivity index (χ1n) is 14.7. The van der Waals surface area contributed by atoms with Crippen molar-refractivity contribution >= 4 is 6.08 Å². The molecule has 1 aromatic rings. The number of benzene rings is 1. The zero-order chi connectivity index (χ0) is 29.9. The lowest BCUT2D eigenvalue weighted by Crippen LogP contribution is -1.89. The summed E-state index contributed by atoms with van der Waals surface area (Å²) in [5.74, 6) is 0. The molecule has 40 heavy (non-hydrogen) atoms. The third kappa shape index (κ3) is 15.9. The van der Waals surface area contributed by atoms with Gasteiger partial charge in [0.25, 0.3) is 0 Å². The van der Waals surface area contributed by atoms with E-state index < -0.39 is 0 Å². The van der Waals surface area contributed by atoms with E-state index in [4.69, 9.17) is 0 Å². The smallest absolute Gasteiger partial charge is 0.0195 e. The molecule has 0 bridgehead atoms. The van der Waals surface area contributed by atoms with E-state index in [1.165, 1.54) is 62.1 Å². The van der Waals surface area contributed by atoms with Crippen molar-refractivity contribution in [1.29, 1.82) is 0 Å². The van der Waals surface area contributed by atoms with E-state index in [9.17, 15) is 0 Å². The Morgan fingerprint density at radius 3 is 1.68 bits per heavy atom. The molecule has 0 spiro atoms. The van der Waals surface area contributed by atoms with Crippen molar-refractivity contribution in [2.75, 3.05) is 0 Å². The Balaban J connectivity index is 2.54. The largest absolute Gasteiger partial charge is 0.0856 e. The molecule has 0 aliphatic rings. The lowest BCUT2D eigenvalue weighted by atomic mass is 9.97. The summed E-state index contributed by atoms with van der Waals surface area (Å²) >= 11 is 0. The van der Waals surface area contributed by atoms with Crippen molar-refractivity contribution in [3.05, 3.63) is 147 Å². The Kier molecular flexibility index (Phi) is 17.0. The summed E-state index contributed by atoms with van der Waals surface area (Å²) in [4.78, 5) is 0. The van der Waals surface area contributed by atoms with Crippen LogP contribution < -0.4 is 0 Å². The minimum Gasteiger partial charge on any atom is -0.0856 e. The zero-order valence-electron chi connectivity index (χ0n) is 27.1. The highest BCUT2D eigenvalue weighted by Crippen LogP contribution is 2.20. The fraction of sp³-hybridized carbons (Fsp3) is 0.350. The van der Waals surface area contributed by atoms with Gasteiger partial charge in [-0.2, -0.15) is 0 Å². The van der Waals surface area contributed by atoms with Gasteiger partial charge in [0.05, 0.1) is 0 Å². The summed E-state index contributed by atoms with van der Waals surface area (Å²) in [6, 6.07) is 4.39. The first kappa shape index (κ1) is 34.6. The molecular formula is C40H54. The molecule has 1 aromatic carbocycles. The summed E-state index contributed by atoms with van der Waals surface area (Å²) in [6.07, 6.45) is 35.2. The summed E-state index contributed by atoms with van der Waals surface area (Å²) in [7, 11) is 0. The molecule has 0 aliphatic carbocycles. The summed E-state index contributed by atoms with van der Waals surface area (Å²) in [5.41, 5.74) is 13.3. The van der Waals surface area contributed by atoms with E-state index in [1.807, 2.05) is 0 Å². The Morgan fingerprint density at radius 2 is 1.05 bits per heavy atom. The molecule has 0 saturated carbocycles. The topological polar surface area (TPSA) is 0 Å². The number of hydrogen-bond acceptors (Lipinski definition) is 0. The average molecular weight is 535 g/mol. The first-order chi connectivity index (χ1) is 19.0. The normalized spacial score (nSPS) is 14.5. The highest BCUT2D eigenvalue weighted by atomic mass is 14.1. The monoisotopic (exact) mass is 534 g/mol. The van der Waals surface area contributed by atoms with Crippen LogP contribution in [0.3, 0.4) is 0 Å². The quantitative estimate of drug-likeness (QED) is 0.164. The third-order valence-electron chi connectivity index (χ3n) is 6.93. The molecule has 0 fully saturated rings. The van der Waals surface area contributed by atoms with Crippen molar-refractivity contribution in [2.24, 2.45) is 0 Å². The molecule has 0 aliphatic heterocycles. The second kappa shape index (κ2) is 19.6. The minimum atomic E-state index is 1.11. The molecule has 0 radical (unpaired) electrons. The maximum absolute atomic E-state index is 2.39. The van der Waals surface area contributed by atoms with Gasteiger partial charge in [-0.05, 0) is 117 Å². The summed E-state index contributed by atoms with van der Waals surface area (Å²) < 4.78 is 0. The van der Waals surface area contributed by atoms with Gasteiger partial charge in [0, 0.05) is 0 Å². The van der Waals surface area contributed by atoms with E-state index in [2.05, 4.69) is 166 Å². The van der Waals surface area contributed by atoms with Crippen LogP contribution in [0.15, 0.2) is 125 Å². The van der Waals surface area contributed by atoms with E-state index in [-0.39, 0.29) is 0 Å². The minimum absolute atomic E-state index is 1.11. The Bertz CT molecular complexity index is 1250. The predicted molar refractivity (Wildman–Crippen MR) is 184 cm³/mol. The van der Waals surface area contributed by atoms with Gasteiger partial charge in [-0.25, -0.2) is 0 Å². The second-order valence-electron chi connectivity index (χ2n) is 11.3. The Hall–Kier alpha value is -3.38. The van der Waals surface area contributed by atoms with Gasteiger partial charge in [-0.1, -0.05) is 131 Å². The maximum atomic E-state index is 2.39. The van der Waals surface area contributed by atoms with Crippen LogP contribution in [0.5, 0.6) is 0 Å². The average Bonchev–Trinajstić information content (AvgIpc) is 2.88. The van der Waals surface area contributed by atoms with Crippen LogP contribution in [-0.4, -0.2) is 0 Å². The molecule has 0 N–H and O–H groups in total. The van der Waals surface area contributed by atoms with Gasteiger partial charge < -0.3 is 0 Å². The second-order valence-corrected chi connectivity index (χ2v) is 11.3. The van der Waals surface area contributed by atoms with Crippen LogP contribution in [0.25, 0.3) is 6.08 Å². The molecule has 0 unspecified atom stereocenters. The van der Waals surface area contributed by atoms with Crippen molar-refractivity contribution in [1.82, 2.24) is 0 Å². The SMILES string of the molecule is CC(C)=CCC/C(C)=C/CC/C(C)=C/C=C/C(C)=C/C=C/C=C(C)/C=C/C=C(C)/C=C/c1c(C)ccc(C)c1C. The molecule has 0 atom stereocenters. The number of allylic oxidation sites excluding steroid dienone is 19.